The van der Waals surface area contributed by atoms with Crippen molar-refractivity contribution in [2.75, 3.05) is 17.2 Å². The number of hydrogen-bond acceptors (Lipinski definition) is 5. The Morgan fingerprint density at radius 2 is 1.51 bits per heavy atom. The number of rotatable bonds is 6. The molecule has 13 heteroatoms. The molecule has 3 aromatic rings. The Bertz CT molecular complexity index is 1470. The van der Waals surface area contributed by atoms with E-state index < -0.39 is 24.2 Å². The van der Waals surface area contributed by atoms with Crippen LogP contribution in [-0.2, 0) is 9.59 Å². The standard InChI is InChI=1S/C28H30N4O4.C2HF3O2/c1-17(2)23-16-29-25(15-18(23)3)31-28(36)32-14-4-5-24(32)26(33)30-22-12-10-20(11-13-22)19-6-8-21(9-7-19)27(34)35;3-2(4,5)1(6)7/h6-13,15-17,24H,4-5,14H2,1-3H3,(H,30,33)(H,34,35)(H,29,31,36);(H,6,7)/t24-;/m1./s1. The Morgan fingerprint density at radius 3 is 2.00 bits per heavy atom. The number of aliphatic carboxylic acids is 1. The summed E-state index contributed by atoms with van der Waals surface area (Å²) in [6, 6.07) is 14.9. The van der Waals surface area contributed by atoms with Crippen LogP contribution in [0.4, 0.5) is 29.5 Å². The van der Waals surface area contributed by atoms with Crippen molar-refractivity contribution < 1.29 is 42.6 Å². The van der Waals surface area contributed by atoms with Gasteiger partial charge in [0.25, 0.3) is 0 Å². The van der Waals surface area contributed by atoms with Crippen LogP contribution >= 0.6 is 0 Å². The maximum absolute atomic E-state index is 13.0. The smallest absolute Gasteiger partial charge is 0.478 e. The van der Waals surface area contributed by atoms with Gasteiger partial charge in [-0.2, -0.15) is 13.2 Å². The number of urea groups is 1. The fourth-order valence-corrected chi connectivity index (χ4v) is 4.48. The molecule has 3 amide bonds. The molecule has 43 heavy (non-hydrogen) atoms. The summed E-state index contributed by atoms with van der Waals surface area (Å²) in [5, 5.41) is 21.9. The SMILES string of the molecule is Cc1cc(NC(=O)N2CCC[C@@H]2C(=O)Nc2ccc(-c3ccc(C(=O)O)cc3)cc2)ncc1C(C)C.O=C(O)C(F)(F)F. The molecule has 2 aromatic carbocycles. The molecule has 1 saturated heterocycles. The second kappa shape index (κ2) is 13.8. The number of aromatic nitrogens is 1. The van der Waals surface area contributed by atoms with E-state index in [9.17, 15) is 27.6 Å². The molecule has 10 nitrogen and oxygen atoms in total. The monoisotopic (exact) mass is 600 g/mol. The minimum atomic E-state index is -5.08. The quantitative estimate of drug-likeness (QED) is 0.265. The van der Waals surface area contributed by atoms with Gasteiger partial charge in [-0.1, -0.05) is 38.1 Å². The topological polar surface area (TPSA) is 149 Å². The molecule has 228 valence electrons. The Labute approximate surface area is 245 Å². The number of nitrogens with zero attached hydrogens (tertiary/aromatic N) is 2. The van der Waals surface area contributed by atoms with Crippen molar-refractivity contribution in [3.63, 3.8) is 0 Å². The Balaban J connectivity index is 0.000000646. The van der Waals surface area contributed by atoms with Gasteiger partial charge < -0.3 is 20.4 Å². The van der Waals surface area contributed by atoms with Crippen LogP contribution in [0.15, 0.2) is 60.8 Å². The number of benzene rings is 2. The molecule has 0 bridgehead atoms. The molecule has 4 rings (SSSR count). The average Bonchev–Trinajstić information content (AvgIpc) is 3.44. The molecule has 2 heterocycles. The van der Waals surface area contributed by atoms with Gasteiger partial charge in [-0.25, -0.2) is 19.4 Å². The number of carbonyl (C=O) groups is 4. The maximum Gasteiger partial charge on any atom is 0.490 e. The first-order chi connectivity index (χ1) is 20.2. The van der Waals surface area contributed by atoms with E-state index in [0.717, 1.165) is 28.7 Å². The van der Waals surface area contributed by atoms with Gasteiger partial charge in [-0.15, -0.1) is 0 Å². The van der Waals surface area contributed by atoms with Gasteiger partial charge in [-0.3, -0.25) is 10.1 Å². The molecular formula is C30H31F3N4O6. The first-order valence-electron chi connectivity index (χ1n) is 13.3. The van der Waals surface area contributed by atoms with Crippen LogP contribution < -0.4 is 10.6 Å². The minimum Gasteiger partial charge on any atom is -0.478 e. The van der Waals surface area contributed by atoms with Crippen molar-refractivity contribution in [3.05, 3.63) is 77.5 Å². The number of alkyl halides is 3. The normalized spacial score (nSPS) is 14.5. The zero-order valence-corrected chi connectivity index (χ0v) is 23.6. The highest BCUT2D eigenvalue weighted by molar-refractivity contribution is 5.99. The third-order valence-electron chi connectivity index (χ3n) is 6.68. The lowest BCUT2D eigenvalue weighted by molar-refractivity contribution is -0.192. The summed E-state index contributed by atoms with van der Waals surface area (Å²) < 4.78 is 31.7. The van der Waals surface area contributed by atoms with E-state index in [4.69, 9.17) is 15.0 Å². The third kappa shape index (κ3) is 8.77. The van der Waals surface area contributed by atoms with Crippen LogP contribution in [0.1, 0.15) is 54.1 Å². The highest BCUT2D eigenvalue weighted by Crippen LogP contribution is 2.25. The predicted octanol–water partition coefficient (Wildman–Crippen LogP) is 6.15. The van der Waals surface area contributed by atoms with Gasteiger partial charge in [0.2, 0.25) is 5.91 Å². The van der Waals surface area contributed by atoms with E-state index in [1.54, 1.807) is 47.5 Å². The van der Waals surface area contributed by atoms with Gasteiger partial charge in [0.15, 0.2) is 0 Å². The number of carboxylic acids is 2. The van der Waals surface area contributed by atoms with Gasteiger partial charge >= 0.3 is 24.1 Å². The van der Waals surface area contributed by atoms with Crippen molar-refractivity contribution in [1.82, 2.24) is 9.88 Å². The molecule has 0 unspecified atom stereocenters. The molecular weight excluding hydrogens is 569 g/mol. The summed E-state index contributed by atoms with van der Waals surface area (Å²) in [5.74, 6) is -3.14. The van der Waals surface area contributed by atoms with Crippen molar-refractivity contribution in [2.24, 2.45) is 0 Å². The van der Waals surface area contributed by atoms with Gasteiger partial charge in [0, 0.05) is 18.4 Å². The summed E-state index contributed by atoms with van der Waals surface area (Å²) in [5.41, 5.74) is 4.83. The lowest BCUT2D eigenvalue weighted by Crippen LogP contribution is -2.45. The molecule has 1 aromatic heterocycles. The number of aryl methyl sites for hydroxylation is 1. The second-order valence-electron chi connectivity index (χ2n) is 10.1. The zero-order chi connectivity index (χ0) is 31.9. The van der Waals surface area contributed by atoms with Crippen LogP contribution in [0.25, 0.3) is 11.1 Å². The summed E-state index contributed by atoms with van der Waals surface area (Å²) in [7, 11) is 0. The number of hydrogen-bond donors (Lipinski definition) is 4. The van der Waals surface area contributed by atoms with E-state index in [1.807, 2.05) is 25.1 Å². The van der Waals surface area contributed by atoms with Gasteiger partial charge in [-0.05, 0) is 78.3 Å². The van der Waals surface area contributed by atoms with Crippen molar-refractivity contribution in [1.29, 1.82) is 0 Å². The van der Waals surface area contributed by atoms with Crippen LogP contribution in [0, 0.1) is 6.92 Å². The fourth-order valence-electron chi connectivity index (χ4n) is 4.48. The number of amides is 3. The maximum atomic E-state index is 13.0. The molecule has 4 N–H and O–H groups in total. The van der Waals surface area contributed by atoms with E-state index in [1.165, 1.54) is 0 Å². The lowest BCUT2D eigenvalue weighted by Gasteiger charge is -2.24. The summed E-state index contributed by atoms with van der Waals surface area (Å²) in [6.07, 6.45) is -1.96. The number of carboxylic acid groups (broad SMARTS) is 2. The van der Waals surface area contributed by atoms with E-state index in [2.05, 4.69) is 29.5 Å². The largest absolute Gasteiger partial charge is 0.490 e. The Hall–Kier alpha value is -4.94. The summed E-state index contributed by atoms with van der Waals surface area (Å²) in [6.45, 7) is 6.69. The molecule has 1 aliphatic rings. The number of likely N-dealkylation sites (tertiary alicyclic amines) is 1. The molecule has 1 aliphatic heterocycles. The highest BCUT2D eigenvalue weighted by atomic mass is 19.4. The van der Waals surface area contributed by atoms with E-state index >= 15 is 0 Å². The number of aromatic carboxylic acids is 1. The third-order valence-corrected chi connectivity index (χ3v) is 6.68. The first kappa shape index (κ1) is 32.6. The Morgan fingerprint density at radius 1 is 0.953 bits per heavy atom. The number of nitrogens with one attached hydrogen (secondary N) is 2. The molecule has 1 atom stereocenters. The minimum absolute atomic E-state index is 0.228. The summed E-state index contributed by atoms with van der Waals surface area (Å²) in [4.78, 5) is 51.8. The van der Waals surface area contributed by atoms with Crippen molar-refractivity contribution in [3.8, 4) is 11.1 Å². The molecule has 0 radical (unpaired) electrons. The average molecular weight is 601 g/mol. The zero-order valence-electron chi connectivity index (χ0n) is 23.6. The van der Waals surface area contributed by atoms with Crippen LogP contribution in [0.2, 0.25) is 0 Å². The molecule has 1 fully saturated rings. The number of carbonyl (C=O) groups excluding carboxylic acids is 2. The summed E-state index contributed by atoms with van der Waals surface area (Å²) >= 11 is 0. The second-order valence-corrected chi connectivity index (χ2v) is 10.1. The fraction of sp³-hybridized carbons (Fsp3) is 0.300. The van der Waals surface area contributed by atoms with Crippen LogP contribution in [0.5, 0.6) is 0 Å². The molecule has 0 saturated carbocycles. The van der Waals surface area contributed by atoms with Crippen LogP contribution in [-0.4, -0.2) is 62.7 Å². The number of halogens is 3. The Kier molecular flexibility index (Phi) is 10.5. The van der Waals surface area contributed by atoms with Crippen molar-refractivity contribution in [2.45, 2.75) is 51.7 Å². The first-order valence-corrected chi connectivity index (χ1v) is 13.3. The predicted molar refractivity (Wildman–Crippen MR) is 153 cm³/mol. The van der Waals surface area contributed by atoms with Gasteiger partial charge in [0.05, 0.1) is 5.56 Å². The van der Waals surface area contributed by atoms with E-state index in [-0.39, 0.29) is 17.5 Å². The van der Waals surface area contributed by atoms with Crippen LogP contribution in [0.3, 0.4) is 0 Å². The number of pyridine rings is 1. The molecule has 0 spiro atoms. The van der Waals surface area contributed by atoms with Gasteiger partial charge in [0.1, 0.15) is 11.9 Å². The lowest BCUT2D eigenvalue weighted by atomic mass is 10.0. The van der Waals surface area contributed by atoms with Crippen molar-refractivity contribution >= 4 is 35.4 Å². The molecule has 0 aliphatic carbocycles. The highest BCUT2D eigenvalue weighted by Gasteiger charge is 2.38. The number of anilines is 2. The van der Waals surface area contributed by atoms with E-state index in [0.29, 0.717) is 30.4 Å².